The summed E-state index contributed by atoms with van der Waals surface area (Å²) in [6, 6.07) is 22.9. The molecule has 0 unspecified atom stereocenters. The first-order chi connectivity index (χ1) is 17.2. The van der Waals surface area contributed by atoms with E-state index in [1.807, 2.05) is 35.1 Å². The van der Waals surface area contributed by atoms with E-state index in [2.05, 4.69) is 63.4 Å². The van der Waals surface area contributed by atoms with E-state index in [0.717, 1.165) is 43.9 Å². The van der Waals surface area contributed by atoms with Gasteiger partial charge in [0, 0.05) is 31.6 Å². The fourth-order valence-electron chi connectivity index (χ4n) is 4.79. The lowest BCUT2D eigenvalue weighted by Crippen LogP contribution is -2.41. The first-order valence-electron chi connectivity index (χ1n) is 12.2. The van der Waals surface area contributed by atoms with E-state index in [1.165, 1.54) is 28.8 Å². The highest BCUT2D eigenvalue weighted by molar-refractivity contribution is 5.88. The van der Waals surface area contributed by atoms with Crippen LogP contribution in [0.15, 0.2) is 72.9 Å². The van der Waals surface area contributed by atoms with Gasteiger partial charge >= 0.3 is 0 Å². The van der Waals surface area contributed by atoms with Crippen molar-refractivity contribution < 1.29 is 9.53 Å². The molecule has 0 aliphatic carbocycles. The van der Waals surface area contributed by atoms with Crippen molar-refractivity contribution in [3.63, 3.8) is 0 Å². The van der Waals surface area contributed by atoms with Crippen LogP contribution in [0.4, 0.5) is 5.69 Å². The normalized spacial score (nSPS) is 18.0. The van der Waals surface area contributed by atoms with Gasteiger partial charge in [-0.3, -0.25) is 4.79 Å². The highest BCUT2D eigenvalue weighted by atomic mass is 16.5. The van der Waals surface area contributed by atoms with Gasteiger partial charge in [0.15, 0.2) is 0 Å². The molecule has 1 aliphatic rings. The molecule has 3 aromatic carbocycles. The molecule has 0 bridgehead atoms. The van der Waals surface area contributed by atoms with Crippen LogP contribution in [0.25, 0.3) is 10.8 Å². The van der Waals surface area contributed by atoms with Crippen molar-refractivity contribution in [2.75, 3.05) is 18.4 Å². The highest BCUT2D eigenvalue weighted by Gasteiger charge is 2.30. The summed E-state index contributed by atoms with van der Waals surface area (Å²) >= 11 is 0. The maximum atomic E-state index is 11.2. The van der Waals surface area contributed by atoms with Crippen molar-refractivity contribution >= 4 is 22.4 Å². The molecule has 180 valence electrons. The number of hydrogen-bond donors (Lipinski definition) is 2. The quantitative estimate of drug-likeness (QED) is 0.402. The zero-order valence-electron chi connectivity index (χ0n) is 20.0. The Hall–Kier alpha value is -3.55. The topological polar surface area (TPSA) is 81.1 Å². The lowest BCUT2D eigenvalue weighted by atomic mass is 9.91. The number of carbonyl (C=O) groups is 1. The van der Waals surface area contributed by atoms with Crippen molar-refractivity contribution in [3.8, 4) is 0 Å². The molecule has 2 atom stereocenters. The molecule has 2 heterocycles. The molecule has 1 fully saturated rings. The lowest BCUT2D eigenvalue weighted by molar-refractivity contribution is -0.114. The molecule has 4 aromatic rings. The number of aromatic nitrogens is 3. The van der Waals surface area contributed by atoms with E-state index >= 15 is 0 Å². The number of hydrogen-bond acceptors (Lipinski definition) is 5. The maximum Gasteiger partial charge on any atom is 0.221 e. The summed E-state index contributed by atoms with van der Waals surface area (Å²) in [5.74, 6) is 0.179. The Balaban J connectivity index is 1.23. The predicted molar refractivity (Wildman–Crippen MR) is 137 cm³/mol. The van der Waals surface area contributed by atoms with Crippen molar-refractivity contribution in [1.29, 1.82) is 0 Å². The minimum atomic E-state index is -0.0654. The first-order valence-corrected chi connectivity index (χ1v) is 12.2. The Labute approximate surface area is 205 Å². The Kier molecular flexibility index (Phi) is 7.16. The SMILES string of the molecule is CC(=O)Nc1ccc(CCn2nncc2[C@@H]2CCNC[C@H]2OCc2ccc3ccccc3c2)cc1. The molecule has 0 radical (unpaired) electrons. The molecule has 7 heteroatoms. The van der Waals surface area contributed by atoms with Gasteiger partial charge < -0.3 is 15.4 Å². The summed E-state index contributed by atoms with van der Waals surface area (Å²) in [5.41, 5.74) is 4.31. The van der Waals surface area contributed by atoms with Crippen LogP contribution >= 0.6 is 0 Å². The van der Waals surface area contributed by atoms with Gasteiger partial charge in [-0.15, -0.1) is 5.10 Å². The maximum absolute atomic E-state index is 11.2. The summed E-state index contributed by atoms with van der Waals surface area (Å²) in [6.45, 7) is 4.61. The number of aryl methyl sites for hydroxylation is 2. The summed E-state index contributed by atoms with van der Waals surface area (Å²) < 4.78 is 8.47. The van der Waals surface area contributed by atoms with Gasteiger partial charge in [0.05, 0.1) is 24.6 Å². The third-order valence-electron chi connectivity index (χ3n) is 6.62. The molecule has 1 aromatic heterocycles. The number of benzene rings is 3. The number of ether oxygens (including phenoxy) is 1. The monoisotopic (exact) mass is 469 g/mol. The van der Waals surface area contributed by atoms with Crippen LogP contribution in [0.5, 0.6) is 0 Å². The second-order valence-electron chi connectivity index (χ2n) is 9.14. The molecular formula is C28H31N5O2. The number of rotatable bonds is 8. The molecular weight excluding hydrogens is 438 g/mol. The number of carbonyl (C=O) groups excluding carboxylic acids is 1. The summed E-state index contributed by atoms with van der Waals surface area (Å²) in [5, 5.41) is 17.4. The molecule has 2 N–H and O–H groups in total. The summed E-state index contributed by atoms with van der Waals surface area (Å²) in [4.78, 5) is 11.2. The van der Waals surface area contributed by atoms with Crippen LogP contribution in [0.2, 0.25) is 0 Å². The average molecular weight is 470 g/mol. The van der Waals surface area contributed by atoms with E-state index in [-0.39, 0.29) is 17.9 Å². The standard InChI is InChI=1S/C28H31N5O2/c1-20(34)31-25-10-7-21(8-11-25)13-15-33-27(17-30-32-33)26-12-14-29-18-28(26)35-19-22-6-9-23-4-2-3-5-24(23)16-22/h2-11,16-17,26,28-29H,12-15,18-19H2,1H3,(H,31,34)/t26-,28+/m0/s1. The second kappa shape index (κ2) is 10.8. The average Bonchev–Trinajstić information content (AvgIpc) is 3.35. The minimum Gasteiger partial charge on any atom is -0.372 e. The minimum absolute atomic E-state index is 0.0596. The van der Waals surface area contributed by atoms with Gasteiger partial charge in [0.2, 0.25) is 5.91 Å². The zero-order valence-corrected chi connectivity index (χ0v) is 20.0. The fourth-order valence-corrected chi connectivity index (χ4v) is 4.79. The predicted octanol–water partition coefficient (Wildman–Crippen LogP) is 4.29. The van der Waals surface area contributed by atoms with Gasteiger partial charge in [-0.05, 0) is 59.5 Å². The second-order valence-corrected chi connectivity index (χ2v) is 9.14. The van der Waals surface area contributed by atoms with E-state index in [0.29, 0.717) is 6.61 Å². The van der Waals surface area contributed by atoms with Crippen molar-refractivity contribution in [1.82, 2.24) is 20.3 Å². The number of nitrogens with zero attached hydrogens (tertiary/aromatic N) is 3. The van der Waals surface area contributed by atoms with Crippen molar-refractivity contribution in [2.24, 2.45) is 0 Å². The van der Waals surface area contributed by atoms with Crippen LogP contribution < -0.4 is 10.6 Å². The van der Waals surface area contributed by atoms with Crippen LogP contribution in [-0.4, -0.2) is 40.1 Å². The Bertz CT molecular complexity index is 1280. The molecule has 0 saturated carbocycles. The zero-order chi connectivity index (χ0) is 24.0. The first kappa shape index (κ1) is 23.2. The smallest absolute Gasteiger partial charge is 0.221 e. The van der Waals surface area contributed by atoms with Gasteiger partial charge in [0.1, 0.15) is 0 Å². The molecule has 1 saturated heterocycles. The molecule has 1 aliphatic heterocycles. The fraction of sp³-hybridized carbons (Fsp3) is 0.321. The van der Waals surface area contributed by atoms with E-state index < -0.39 is 0 Å². The Morgan fingerprint density at radius 3 is 2.71 bits per heavy atom. The number of nitrogens with one attached hydrogen (secondary N) is 2. The van der Waals surface area contributed by atoms with Gasteiger partial charge in [0.25, 0.3) is 0 Å². The van der Waals surface area contributed by atoms with E-state index in [1.54, 1.807) is 0 Å². The van der Waals surface area contributed by atoms with Crippen LogP contribution in [0, 0.1) is 0 Å². The third-order valence-corrected chi connectivity index (χ3v) is 6.62. The van der Waals surface area contributed by atoms with Crippen LogP contribution in [0.3, 0.4) is 0 Å². The largest absolute Gasteiger partial charge is 0.372 e. The molecule has 5 rings (SSSR count). The Morgan fingerprint density at radius 1 is 1.09 bits per heavy atom. The summed E-state index contributed by atoms with van der Waals surface area (Å²) in [7, 11) is 0. The highest BCUT2D eigenvalue weighted by Crippen LogP contribution is 2.28. The number of piperidine rings is 1. The number of anilines is 1. The van der Waals surface area contributed by atoms with Gasteiger partial charge in [-0.1, -0.05) is 53.7 Å². The lowest BCUT2D eigenvalue weighted by Gasteiger charge is -2.32. The van der Waals surface area contributed by atoms with Crippen LogP contribution in [0.1, 0.15) is 36.1 Å². The molecule has 1 amide bonds. The van der Waals surface area contributed by atoms with Crippen molar-refractivity contribution in [2.45, 2.75) is 44.9 Å². The third kappa shape index (κ3) is 5.75. The summed E-state index contributed by atoms with van der Waals surface area (Å²) in [6.07, 6.45) is 3.78. The van der Waals surface area contributed by atoms with E-state index in [9.17, 15) is 4.79 Å². The number of fused-ring (bicyclic) bond motifs is 1. The van der Waals surface area contributed by atoms with Gasteiger partial charge in [-0.25, -0.2) is 4.68 Å². The molecule has 35 heavy (non-hydrogen) atoms. The molecule has 7 nitrogen and oxygen atoms in total. The van der Waals surface area contributed by atoms with Crippen molar-refractivity contribution in [3.05, 3.63) is 89.7 Å². The van der Waals surface area contributed by atoms with Crippen LogP contribution in [-0.2, 0) is 29.1 Å². The molecule has 0 spiro atoms. The number of amides is 1. The van der Waals surface area contributed by atoms with E-state index in [4.69, 9.17) is 4.74 Å². The van der Waals surface area contributed by atoms with Gasteiger partial charge in [-0.2, -0.15) is 0 Å². The Morgan fingerprint density at radius 2 is 1.89 bits per heavy atom.